The van der Waals surface area contributed by atoms with Crippen LogP contribution in [-0.4, -0.2) is 46.4 Å². The molecule has 22 heavy (non-hydrogen) atoms. The van der Waals surface area contributed by atoms with Crippen molar-refractivity contribution < 1.29 is 14.3 Å². The van der Waals surface area contributed by atoms with E-state index in [0.29, 0.717) is 19.7 Å². The lowest BCUT2D eigenvalue weighted by molar-refractivity contribution is -0.121. The van der Waals surface area contributed by atoms with Crippen LogP contribution in [0, 0.1) is 0 Å². The molecule has 2 aromatic rings. The number of para-hydroxylation sites is 1. The number of amides is 2. The van der Waals surface area contributed by atoms with Crippen LogP contribution < -0.4 is 5.32 Å². The van der Waals surface area contributed by atoms with Crippen molar-refractivity contribution in [3.05, 3.63) is 30.0 Å². The summed E-state index contributed by atoms with van der Waals surface area (Å²) in [6, 6.07) is 7.93. The zero-order valence-corrected chi connectivity index (χ0v) is 12.4. The van der Waals surface area contributed by atoms with E-state index in [-0.39, 0.29) is 12.5 Å². The number of benzene rings is 1. The molecular formula is C15H18N4O3. The number of nitrogens with zero attached hydrogens (tertiary/aromatic N) is 3. The summed E-state index contributed by atoms with van der Waals surface area (Å²) in [6.07, 6.45) is -0.434. The van der Waals surface area contributed by atoms with Gasteiger partial charge in [-0.05, 0) is 13.0 Å². The van der Waals surface area contributed by atoms with Crippen molar-refractivity contribution >= 4 is 22.9 Å². The Morgan fingerprint density at radius 2 is 2.23 bits per heavy atom. The van der Waals surface area contributed by atoms with E-state index in [1.54, 1.807) is 0 Å². The molecule has 1 aromatic heterocycles. The van der Waals surface area contributed by atoms with E-state index in [9.17, 15) is 9.59 Å². The topological polar surface area (TPSA) is 76.5 Å². The van der Waals surface area contributed by atoms with Gasteiger partial charge in [0.1, 0.15) is 13.2 Å². The molecule has 0 unspecified atom stereocenters. The standard InChI is InChI=1S/C15H18N4O3/c1-2-19-13-6-4-3-5-11(13)12(17-19)9-16-14(20)10-18-7-8-22-15(18)21/h3-6H,2,7-10H2,1H3,(H,16,20). The quantitative estimate of drug-likeness (QED) is 0.898. The molecule has 2 heterocycles. The molecule has 7 nitrogen and oxygen atoms in total. The van der Waals surface area contributed by atoms with Crippen LogP contribution >= 0.6 is 0 Å². The van der Waals surface area contributed by atoms with E-state index in [1.165, 1.54) is 4.90 Å². The number of carbonyl (C=O) groups is 2. The Morgan fingerprint density at radius 3 is 2.95 bits per heavy atom. The number of fused-ring (bicyclic) bond motifs is 1. The van der Waals surface area contributed by atoms with Crippen LogP contribution in [0.15, 0.2) is 24.3 Å². The van der Waals surface area contributed by atoms with Gasteiger partial charge < -0.3 is 10.1 Å². The summed E-state index contributed by atoms with van der Waals surface area (Å²) < 4.78 is 6.71. The third-order valence-corrected chi connectivity index (χ3v) is 3.67. The van der Waals surface area contributed by atoms with Crippen LogP contribution in [0.25, 0.3) is 10.9 Å². The number of ether oxygens (including phenoxy) is 1. The van der Waals surface area contributed by atoms with E-state index in [4.69, 9.17) is 4.74 Å². The third-order valence-electron chi connectivity index (χ3n) is 3.67. The van der Waals surface area contributed by atoms with Gasteiger partial charge in [-0.15, -0.1) is 0 Å². The van der Waals surface area contributed by atoms with E-state index >= 15 is 0 Å². The second kappa shape index (κ2) is 6.05. The summed E-state index contributed by atoms with van der Waals surface area (Å²) in [5, 5.41) is 8.37. The van der Waals surface area contributed by atoms with Crippen LogP contribution in [0.2, 0.25) is 0 Å². The Hall–Kier alpha value is -2.57. The van der Waals surface area contributed by atoms with Gasteiger partial charge in [0.25, 0.3) is 0 Å². The predicted molar refractivity (Wildman–Crippen MR) is 80.2 cm³/mol. The minimum absolute atomic E-state index is 0.0191. The molecule has 0 saturated carbocycles. The largest absolute Gasteiger partial charge is 0.448 e. The average molecular weight is 302 g/mol. The fourth-order valence-electron chi connectivity index (χ4n) is 2.55. The number of carbonyl (C=O) groups excluding carboxylic acids is 2. The fraction of sp³-hybridized carbons (Fsp3) is 0.400. The van der Waals surface area contributed by atoms with Crippen LogP contribution in [0.3, 0.4) is 0 Å². The van der Waals surface area contributed by atoms with Crippen molar-refractivity contribution in [3.63, 3.8) is 0 Å². The van der Waals surface area contributed by atoms with Crippen molar-refractivity contribution in [2.24, 2.45) is 0 Å². The molecule has 1 aromatic carbocycles. The number of aromatic nitrogens is 2. The first kappa shape index (κ1) is 14.4. The summed E-state index contributed by atoms with van der Waals surface area (Å²) in [7, 11) is 0. The number of aryl methyl sites for hydroxylation is 1. The Kier molecular flexibility index (Phi) is 3.95. The van der Waals surface area contributed by atoms with Crippen LogP contribution in [-0.2, 0) is 22.6 Å². The molecule has 0 atom stereocenters. The molecule has 1 aliphatic rings. The highest BCUT2D eigenvalue weighted by Gasteiger charge is 2.24. The minimum atomic E-state index is -0.434. The van der Waals surface area contributed by atoms with Gasteiger partial charge in [0, 0.05) is 11.9 Å². The molecule has 116 valence electrons. The molecule has 1 aliphatic heterocycles. The summed E-state index contributed by atoms with van der Waals surface area (Å²) >= 11 is 0. The number of cyclic esters (lactones) is 1. The molecule has 3 rings (SSSR count). The molecule has 1 fully saturated rings. The van der Waals surface area contributed by atoms with Gasteiger partial charge in [-0.1, -0.05) is 18.2 Å². The van der Waals surface area contributed by atoms with E-state index < -0.39 is 6.09 Å². The Labute approximate surface area is 127 Å². The average Bonchev–Trinajstić information content (AvgIpc) is 3.09. The van der Waals surface area contributed by atoms with Gasteiger partial charge in [-0.25, -0.2) is 4.79 Å². The summed E-state index contributed by atoms with van der Waals surface area (Å²) in [5.41, 5.74) is 1.88. The van der Waals surface area contributed by atoms with Crippen LogP contribution in [0.5, 0.6) is 0 Å². The Bertz CT molecular complexity index is 710. The molecule has 0 aliphatic carbocycles. The van der Waals surface area contributed by atoms with Crippen molar-refractivity contribution in [2.75, 3.05) is 19.7 Å². The van der Waals surface area contributed by atoms with Gasteiger partial charge in [-0.2, -0.15) is 5.10 Å². The first-order valence-corrected chi connectivity index (χ1v) is 7.32. The Balaban J connectivity index is 1.66. The fourth-order valence-corrected chi connectivity index (χ4v) is 2.55. The highest BCUT2D eigenvalue weighted by atomic mass is 16.6. The predicted octanol–water partition coefficient (Wildman–Crippen LogP) is 1.12. The minimum Gasteiger partial charge on any atom is -0.448 e. The molecule has 2 amide bonds. The van der Waals surface area contributed by atoms with Crippen molar-refractivity contribution in [1.29, 1.82) is 0 Å². The molecule has 0 radical (unpaired) electrons. The highest BCUT2D eigenvalue weighted by molar-refractivity contribution is 5.84. The lowest BCUT2D eigenvalue weighted by atomic mass is 10.2. The summed E-state index contributed by atoms with van der Waals surface area (Å²) in [6.45, 7) is 3.96. The van der Waals surface area contributed by atoms with Crippen LogP contribution in [0.4, 0.5) is 4.79 Å². The Morgan fingerprint density at radius 1 is 1.41 bits per heavy atom. The zero-order chi connectivity index (χ0) is 15.5. The zero-order valence-electron chi connectivity index (χ0n) is 12.4. The molecule has 7 heteroatoms. The molecule has 1 saturated heterocycles. The molecular weight excluding hydrogens is 284 g/mol. The highest BCUT2D eigenvalue weighted by Crippen LogP contribution is 2.18. The number of hydrogen-bond donors (Lipinski definition) is 1. The SMILES string of the molecule is CCn1nc(CNC(=O)CN2CCOC2=O)c2ccccc21. The van der Waals surface area contributed by atoms with Crippen LogP contribution in [0.1, 0.15) is 12.6 Å². The van der Waals surface area contributed by atoms with E-state index in [0.717, 1.165) is 23.1 Å². The van der Waals surface area contributed by atoms with Gasteiger partial charge in [0.2, 0.25) is 5.91 Å². The normalized spacial score (nSPS) is 14.4. The van der Waals surface area contributed by atoms with Crippen molar-refractivity contribution in [3.8, 4) is 0 Å². The summed E-state index contributed by atoms with van der Waals surface area (Å²) in [5.74, 6) is -0.214. The monoisotopic (exact) mass is 302 g/mol. The number of nitrogens with one attached hydrogen (secondary N) is 1. The van der Waals surface area contributed by atoms with Crippen molar-refractivity contribution in [1.82, 2.24) is 20.0 Å². The van der Waals surface area contributed by atoms with Gasteiger partial charge >= 0.3 is 6.09 Å². The van der Waals surface area contributed by atoms with E-state index in [1.807, 2.05) is 35.9 Å². The molecule has 0 bridgehead atoms. The first-order valence-electron chi connectivity index (χ1n) is 7.32. The van der Waals surface area contributed by atoms with E-state index in [2.05, 4.69) is 10.4 Å². The third kappa shape index (κ3) is 2.74. The smallest absolute Gasteiger partial charge is 0.410 e. The maximum Gasteiger partial charge on any atom is 0.410 e. The second-order valence-corrected chi connectivity index (χ2v) is 5.09. The number of hydrogen-bond acceptors (Lipinski definition) is 4. The lowest BCUT2D eigenvalue weighted by Gasteiger charge is -2.11. The number of rotatable bonds is 5. The van der Waals surface area contributed by atoms with Gasteiger partial charge in [0.15, 0.2) is 0 Å². The van der Waals surface area contributed by atoms with Gasteiger partial charge in [-0.3, -0.25) is 14.4 Å². The second-order valence-electron chi connectivity index (χ2n) is 5.09. The molecule has 0 spiro atoms. The lowest BCUT2D eigenvalue weighted by Crippen LogP contribution is -2.37. The maximum absolute atomic E-state index is 11.9. The summed E-state index contributed by atoms with van der Waals surface area (Å²) in [4.78, 5) is 24.6. The molecule has 1 N–H and O–H groups in total. The maximum atomic E-state index is 11.9. The van der Waals surface area contributed by atoms with Crippen molar-refractivity contribution in [2.45, 2.75) is 20.0 Å². The first-order chi connectivity index (χ1) is 10.7. The van der Waals surface area contributed by atoms with Gasteiger partial charge in [0.05, 0.1) is 24.3 Å².